The summed E-state index contributed by atoms with van der Waals surface area (Å²) >= 11 is 0. The normalized spacial score (nSPS) is 25.3. The minimum absolute atomic E-state index is 0.0673. The molecule has 0 spiro atoms. The number of fused-ring (bicyclic) bond motifs is 1. The van der Waals surface area contributed by atoms with Crippen molar-refractivity contribution in [1.82, 2.24) is 15.0 Å². The lowest BCUT2D eigenvalue weighted by Crippen LogP contribution is -2.43. The molecule has 0 aromatic carbocycles. The van der Waals surface area contributed by atoms with Crippen molar-refractivity contribution in [2.24, 2.45) is 5.41 Å². The van der Waals surface area contributed by atoms with E-state index in [2.05, 4.69) is 10.1 Å². The number of hydrogen-bond acceptors (Lipinski definition) is 7. The van der Waals surface area contributed by atoms with Gasteiger partial charge in [-0.2, -0.15) is 0 Å². The Morgan fingerprint density at radius 2 is 1.97 bits per heavy atom. The number of aromatic nitrogens is 2. The Labute approximate surface area is 205 Å². The van der Waals surface area contributed by atoms with E-state index in [4.69, 9.17) is 14.0 Å². The fourth-order valence-corrected chi connectivity index (χ4v) is 10.9. The zero-order chi connectivity index (χ0) is 24.8. The van der Waals surface area contributed by atoms with Crippen molar-refractivity contribution < 1.29 is 28.7 Å². The highest BCUT2D eigenvalue weighted by molar-refractivity contribution is 7.78. The topological polar surface area (TPSA) is 115 Å². The lowest BCUT2D eigenvalue weighted by atomic mass is 9.90. The van der Waals surface area contributed by atoms with Gasteiger partial charge in [0.15, 0.2) is 12.1 Å². The molecule has 2 bridgehead atoms. The van der Waals surface area contributed by atoms with Crippen molar-refractivity contribution in [1.29, 1.82) is 0 Å². The third kappa shape index (κ3) is 4.39. The van der Waals surface area contributed by atoms with E-state index in [9.17, 15) is 14.7 Å². The highest BCUT2D eigenvalue weighted by Gasteiger charge is 2.72. The van der Waals surface area contributed by atoms with E-state index < -0.39 is 18.6 Å². The molecule has 3 aliphatic heterocycles. The van der Waals surface area contributed by atoms with Gasteiger partial charge in [0.25, 0.3) is 0 Å². The second-order valence-corrected chi connectivity index (χ2v) is 14.5. The molecule has 4 aliphatic rings. The maximum atomic E-state index is 12.5. The van der Waals surface area contributed by atoms with Crippen LogP contribution in [0.5, 0.6) is 5.75 Å². The van der Waals surface area contributed by atoms with Crippen LogP contribution in [0.1, 0.15) is 49.1 Å². The van der Waals surface area contributed by atoms with Gasteiger partial charge in [0.05, 0.1) is 42.7 Å². The van der Waals surface area contributed by atoms with Crippen molar-refractivity contribution >= 4 is 19.3 Å². The van der Waals surface area contributed by atoms with E-state index in [0.29, 0.717) is 34.8 Å². The highest BCUT2D eigenvalue weighted by atomic mass is 31.2. The second kappa shape index (κ2) is 9.08. The van der Waals surface area contributed by atoms with Crippen LogP contribution >= 0.6 is 7.26 Å². The van der Waals surface area contributed by atoms with Gasteiger partial charge in [-0.05, 0) is 38.8 Å². The van der Waals surface area contributed by atoms with Gasteiger partial charge in [-0.1, -0.05) is 18.0 Å². The van der Waals surface area contributed by atoms with Crippen LogP contribution in [-0.4, -0.2) is 70.1 Å². The smallest absolute Gasteiger partial charge is 0.410 e. The lowest BCUT2D eigenvalue weighted by molar-refractivity contribution is -0.146. The highest BCUT2D eigenvalue weighted by Crippen LogP contribution is 2.80. The van der Waals surface area contributed by atoms with Gasteiger partial charge < -0.3 is 24.0 Å². The van der Waals surface area contributed by atoms with Crippen molar-refractivity contribution in [3.63, 3.8) is 0 Å². The van der Waals surface area contributed by atoms with Crippen LogP contribution in [0.3, 0.4) is 0 Å². The first kappa shape index (κ1) is 24.0. The number of aliphatic carboxylic acids is 1. The van der Waals surface area contributed by atoms with E-state index in [1.807, 2.05) is 26.0 Å². The van der Waals surface area contributed by atoms with Crippen LogP contribution in [0.2, 0.25) is 0 Å². The summed E-state index contributed by atoms with van der Waals surface area (Å²) in [5.41, 5.74) is 2.21. The second-order valence-electron chi connectivity index (χ2n) is 10.4. The molecule has 5 heterocycles. The number of carboxylic acids is 1. The summed E-state index contributed by atoms with van der Waals surface area (Å²) < 4.78 is 17.3. The first-order chi connectivity index (χ1) is 16.7. The first-order valence-electron chi connectivity index (χ1n) is 12.3. The number of amides is 1. The fraction of sp³-hybridized carbons (Fsp3) is 0.600. The molecule has 2 aromatic heterocycles. The lowest BCUT2D eigenvalue weighted by Gasteiger charge is -2.37. The summed E-state index contributed by atoms with van der Waals surface area (Å²) in [6.45, 7) is 3.77. The molecule has 0 atom stereocenters. The molecule has 1 amide bonds. The van der Waals surface area contributed by atoms with Gasteiger partial charge in [0.2, 0.25) is 0 Å². The van der Waals surface area contributed by atoms with Crippen molar-refractivity contribution in [2.75, 3.05) is 31.9 Å². The molecule has 188 valence electrons. The Morgan fingerprint density at radius 1 is 1.23 bits per heavy atom. The molecule has 2 aromatic rings. The largest absolute Gasteiger partial charge is 0.481 e. The molecule has 0 unspecified atom stereocenters. The number of rotatable bonds is 8. The number of carbonyl (C=O) groups excluding carboxylic acids is 1. The van der Waals surface area contributed by atoms with Gasteiger partial charge in [-0.25, -0.2) is 9.78 Å². The number of aryl methyl sites for hydroxylation is 2. The van der Waals surface area contributed by atoms with Crippen LogP contribution in [0.15, 0.2) is 16.7 Å². The van der Waals surface area contributed by atoms with Crippen molar-refractivity contribution in [3.05, 3.63) is 29.1 Å². The summed E-state index contributed by atoms with van der Waals surface area (Å²) in [6, 6.07) is 3.94. The van der Waals surface area contributed by atoms with Gasteiger partial charge in [-0.15, -0.1) is 0 Å². The van der Waals surface area contributed by atoms with Gasteiger partial charge in [0.1, 0.15) is 23.5 Å². The average Bonchev–Trinajstić information content (AvgIpc) is 3.59. The summed E-state index contributed by atoms with van der Waals surface area (Å²) in [7, 11) is 0.491. The molecule has 9 nitrogen and oxygen atoms in total. The van der Waals surface area contributed by atoms with E-state index in [0.717, 1.165) is 56.3 Å². The minimum Gasteiger partial charge on any atom is -0.481 e. The van der Waals surface area contributed by atoms with Crippen LogP contribution in [0.25, 0.3) is 11.5 Å². The fourth-order valence-electron chi connectivity index (χ4n) is 5.87. The van der Waals surface area contributed by atoms with Gasteiger partial charge in [-0.3, -0.25) is 4.79 Å². The molecule has 1 aliphatic carbocycles. The van der Waals surface area contributed by atoms with Gasteiger partial charge >= 0.3 is 12.1 Å². The monoisotopic (exact) mass is 502 g/mol. The molecule has 1 N–H and O–H groups in total. The number of ether oxygens (including phenoxy) is 2. The Morgan fingerprint density at radius 3 is 2.63 bits per heavy atom. The van der Waals surface area contributed by atoms with Crippen LogP contribution < -0.4 is 4.74 Å². The van der Waals surface area contributed by atoms with E-state index in [1.165, 1.54) is 0 Å². The van der Waals surface area contributed by atoms with Crippen LogP contribution in [0, 0.1) is 19.3 Å². The average molecular weight is 503 g/mol. The predicted octanol–water partition coefficient (Wildman–Crippen LogP) is 4.71. The Bertz CT molecular complexity index is 1140. The molecule has 3 saturated heterocycles. The summed E-state index contributed by atoms with van der Waals surface area (Å²) in [6.07, 6.45) is 7.99. The quantitative estimate of drug-likeness (QED) is 0.516. The number of nitrogens with zero attached hydrogens (tertiary/aromatic N) is 3. The third-order valence-electron chi connectivity index (χ3n) is 8.04. The summed E-state index contributed by atoms with van der Waals surface area (Å²) in [5.74, 6) is 0.535. The molecule has 0 radical (unpaired) electrons. The Balaban J connectivity index is 1.23. The first-order valence-corrected chi connectivity index (χ1v) is 14.8. The molecule has 1 saturated carbocycles. The third-order valence-corrected chi connectivity index (χ3v) is 12.4. The van der Waals surface area contributed by atoms with E-state index >= 15 is 0 Å². The zero-order valence-corrected chi connectivity index (χ0v) is 21.5. The standard InChI is InChI=1S/C25H32N3O6P/c1-16-19(12-32-24(31)28(3)18-6-4-5-7-18)22(34-27-16)20-8-9-21(17(2)26-20)33-15-35-11-10-25(13-35,14-35)23(29)30/h8-9,18H,4-7,10-15H2,1-3H3/p+1. The predicted molar refractivity (Wildman–Crippen MR) is 131 cm³/mol. The van der Waals surface area contributed by atoms with E-state index in [-0.39, 0.29) is 18.7 Å². The van der Waals surface area contributed by atoms with E-state index in [1.54, 1.807) is 11.9 Å². The zero-order valence-electron chi connectivity index (χ0n) is 20.6. The van der Waals surface area contributed by atoms with Gasteiger partial charge in [0, 0.05) is 19.5 Å². The SMILES string of the molecule is Cc1nc(-c2onc(C)c2COC(=O)N(C)C2CCCC2)ccc1OC[P+]12CCC(C(=O)O)(C1)C2. The van der Waals surface area contributed by atoms with Crippen LogP contribution in [0.4, 0.5) is 4.79 Å². The summed E-state index contributed by atoms with van der Waals surface area (Å²) in [4.78, 5) is 30.4. The summed E-state index contributed by atoms with van der Waals surface area (Å²) in [5, 5.41) is 13.6. The molecular weight excluding hydrogens is 469 g/mol. The van der Waals surface area contributed by atoms with Crippen LogP contribution in [-0.2, 0) is 16.1 Å². The molecule has 6 rings (SSSR count). The maximum Gasteiger partial charge on any atom is 0.410 e. The van der Waals surface area contributed by atoms with Crippen molar-refractivity contribution in [3.8, 4) is 17.2 Å². The maximum absolute atomic E-state index is 12.5. The molecular formula is C25H33N3O6P+. The number of carbonyl (C=O) groups is 2. The van der Waals surface area contributed by atoms with Crippen molar-refractivity contribution in [2.45, 2.75) is 58.6 Å². The number of hydrogen-bond donors (Lipinski definition) is 1. The Kier molecular flexibility index (Phi) is 6.24. The molecule has 10 heteroatoms. The Hall–Kier alpha value is -2.67. The number of pyridine rings is 1. The number of carboxylic acid groups (broad SMARTS) is 1. The molecule has 4 fully saturated rings. The molecule has 35 heavy (non-hydrogen) atoms. The minimum atomic E-state index is -1.30.